The zero-order chi connectivity index (χ0) is 14.7. The van der Waals surface area contributed by atoms with Crippen LogP contribution in [0.5, 0.6) is 0 Å². The first-order chi connectivity index (χ1) is 9.52. The number of nitrogens with one attached hydrogen (secondary N) is 1. The van der Waals surface area contributed by atoms with Crippen molar-refractivity contribution in [2.24, 2.45) is 11.8 Å². The molecular formula is C14H15Cl2F2NO. The van der Waals surface area contributed by atoms with Crippen molar-refractivity contribution in [3.05, 3.63) is 34.4 Å². The second-order valence-corrected chi connectivity index (χ2v) is 5.78. The lowest BCUT2D eigenvalue weighted by Gasteiger charge is -2.17. The highest BCUT2D eigenvalue weighted by Crippen LogP contribution is 2.32. The minimum atomic E-state index is -0.825. The number of carbonyl (C=O) groups is 1. The van der Waals surface area contributed by atoms with E-state index >= 15 is 0 Å². The van der Waals surface area contributed by atoms with Crippen LogP contribution in [0, 0.1) is 23.5 Å². The van der Waals surface area contributed by atoms with Crippen LogP contribution in [-0.4, -0.2) is 18.3 Å². The van der Waals surface area contributed by atoms with Gasteiger partial charge in [0.2, 0.25) is 0 Å². The standard InChI is InChI=1S/C14H15Cl2F2NO/c15-6-8-2-1-3-9(8)7-19-14(20)10-4-13(18)11(16)5-12(10)17/h4-5,8-9H,1-3,6-7H2,(H,19,20). The Morgan fingerprint density at radius 2 is 1.95 bits per heavy atom. The van der Waals surface area contributed by atoms with Gasteiger partial charge in [-0.1, -0.05) is 18.0 Å². The largest absolute Gasteiger partial charge is 0.352 e. The molecule has 1 aliphatic carbocycles. The summed E-state index contributed by atoms with van der Waals surface area (Å²) in [6, 6.07) is 1.63. The Kier molecular flexibility index (Phi) is 5.22. The topological polar surface area (TPSA) is 29.1 Å². The summed E-state index contributed by atoms with van der Waals surface area (Å²) < 4.78 is 26.9. The van der Waals surface area contributed by atoms with Crippen LogP contribution >= 0.6 is 23.2 Å². The molecule has 0 radical (unpaired) electrons. The van der Waals surface area contributed by atoms with Gasteiger partial charge in [0.15, 0.2) is 0 Å². The van der Waals surface area contributed by atoms with Crippen molar-refractivity contribution in [3.63, 3.8) is 0 Å². The molecule has 6 heteroatoms. The SMILES string of the molecule is O=C(NCC1CCCC1CCl)c1cc(F)c(Cl)cc1F. The Labute approximate surface area is 126 Å². The zero-order valence-electron chi connectivity index (χ0n) is 10.8. The normalized spacial score (nSPS) is 22.0. The minimum Gasteiger partial charge on any atom is -0.352 e. The van der Waals surface area contributed by atoms with Crippen molar-refractivity contribution in [2.45, 2.75) is 19.3 Å². The monoisotopic (exact) mass is 321 g/mol. The number of benzene rings is 1. The van der Waals surface area contributed by atoms with Crippen molar-refractivity contribution in [1.29, 1.82) is 0 Å². The Balaban J connectivity index is 2.00. The first-order valence-electron chi connectivity index (χ1n) is 6.51. The van der Waals surface area contributed by atoms with Crippen LogP contribution in [0.2, 0.25) is 5.02 Å². The average molecular weight is 322 g/mol. The maximum atomic E-state index is 13.6. The van der Waals surface area contributed by atoms with Crippen molar-refractivity contribution in [3.8, 4) is 0 Å². The Hall–Kier alpha value is -0.870. The number of amides is 1. The van der Waals surface area contributed by atoms with E-state index in [1.807, 2.05) is 0 Å². The molecule has 2 unspecified atom stereocenters. The molecule has 2 atom stereocenters. The van der Waals surface area contributed by atoms with E-state index < -0.39 is 17.5 Å². The summed E-state index contributed by atoms with van der Waals surface area (Å²) in [5, 5.41) is 2.31. The van der Waals surface area contributed by atoms with E-state index in [4.69, 9.17) is 23.2 Å². The number of hydrogen-bond donors (Lipinski definition) is 1. The van der Waals surface area contributed by atoms with Gasteiger partial charge in [-0.3, -0.25) is 4.79 Å². The predicted octanol–water partition coefficient (Wildman–Crippen LogP) is 4.00. The molecule has 1 aromatic rings. The van der Waals surface area contributed by atoms with Crippen LogP contribution in [0.1, 0.15) is 29.6 Å². The third-order valence-electron chi connectivity index (χ3n) is 3.79. The Morgan fingerprint density at radius 1 is 1.25 bits per heavy atom. The van der Waals surface area contributed by atoms with Crippen molar-refractivity contribution in [1.82, 2.24) is 5.32 Å². The third kappa shape index (κ3) is 3.41. The van der Waals surface area contributed by atoms with Gasteiger partial charge >= 0.3 is 0 Å². The van der Waals surface area contributed by atoms with Crippen molar-refractivity contribution >= 4 is 29.1 Å². The maximum absolute atomic E-state index is 13.6. The van der Waals surface area contributed by atoms with E-state index in [0.717, 1.165) is 31.4 Å². The highest BCUT2D eigenvalue weighted by Gasteiger charge is 2.27. The Morgan fingerprint density at radius 3 is 2.65 bits per heavy atom. The number of alkyl halides is 1. The van der Waals surface area contributed by atoms with Gasteiger partial charge in [-0.2, -0.15) is 0 Å². The van der Waals surface area contributed by atoms with Crippen LogP contribution < -0.4 is 5.32 Å². The summed E-state index contributed by atoms with van der Waals surface area (Å²) in [7, 11) is 0. The fraction of sp³-hybridized carbons (Fsp3) is 0.500. The van der Waals surface area contributed by atoms with Gasteiger partial charge in [0.25, 0.3) is 5.91 Å². The van der Waals surface area contributed by atoms with Gasteiger partial charge < -0.3 is 5.32 Å². The molecule has 2 nitrogen and oxygen atoms in total. The molecule has 0 aromatic heterocycles. The van der Waals surface area contributed by atoms with E-state index in [-0.39, 0.29) is 10.6 Å². The Bertz CT molecular complexity index is 510. The molecule has 1 N–H and O–H groups in total. The zero-order valence-corrected chi connectivity index (χ0v) is 12.3. The van der Waals surface area contributed by atoms with Gasteiger partial charge in [0.1, 0.15) is 11.6 Å². The van der Waals surface area contributed by atoms with Crippen molar-refractivity contribution < 1.29 is 13.6 Å². The van der Waals surface area contributed by atoms with Gasteiger partial charge in [-0.25, -0.2) is 8.78 Å². The molecule has 1 fully saturated rings. The van der Waals surface area contributed by atoms with E-state index in [1.54, 1.807) is 0 Å². The highest BCUT2D eigenvalue weighted by atomic mass is 35.5. The lowest BCUT2D eigenvalue weighted by molar-refractivity contribution is 0.0940. The molecule has 1 aliphatic rings. The predicted molar refractivity (Wildman–Crippen MR) is 75.3 cm³/mol. The van der Waals surface area contributed by atoms with Gasteiger partial charge in [0, 0.05) is 12.4 Å². The summed E-state index contributed by atoms with van der Waals surface area (Å²) >= 11 is 11.3. The molecule has 2 rings (SSSR count). The fourth-order valence-electron chi connectivity index (χ4n) is 2.60. The van der Waals surface area contributed by atoms with E-state index in [9.17, 15) is 13.6 Å². The van der Waals surface area contributed by atoms with E-state index in [1.165, 1.54) is 0 Å². The molecule has 0 spiro atoms. The number of halogens is 4. The van der Waals surface area contributed by atoms with E-state index in [2.05, 4.69) is 5.32 Å². The molecule has 0 bridgehead atoms. The number of carbonyl (C=O) groups excluding carboxylic acids is 1. The second-order valence-electron chi connectivity index (χ2n) is 5.06. The molecule has 20 heavy (non-hydrogen) atoms. The summed E-state index contributed by atoms with van der Waals surface area (Å²) in [5.41, 5.74) is -0.327. The molecule has 1 saturated carbocycles. The average Bonchev–Trinajstić information content (AvgIpc) is 2.87. The third-order valence-corrected chi connectivity index (χ3v) is 4.48. The van der Waals surface area contributed by atoms with Gasteiger partial charge in [0.05, 0.1) is 10.6 Å². The number of rotatable bonds is 4. The summed E-state index contributed by atoms with van der Waals surface area (Å²) in [4.78, 5) is 11.9. The maximum Gasteiger partial charge on any atom is 0.254 e. The quantitative estimate of drug-likeness (QED) is 0.659. The molecule has 0 saturated heterocycles. The van der Waals surface area contributed by atoms with Crippen LogP contribution in [0.15, 0.2) is 12.1 Å². The molecule has 0 heterocycles. The van der Waals surface area contributed by atoms with Crippen LogP contribution in [0.3, 0.4) is 0 Å². The summed E-state index contributed by atoms with van der Waals surface area (Å²) in [6.07, 6.45) is 3.13. The van der Waals surface area contributed by atoms with Crippen molar-refractivity contribution in [2.75, 3.05) is 12.4 Å². The molecule has 1 aromatic carbocycles. The van der Waals surface area contributed by atoms with Gasteiger partial charge in [-0.15, -0.1) is 11.6 Å². The second kappa shape index (κ2) is 6.72. The van der Waals surface area contributed by atoms with Crippen LogP contribution in [0.25, 0.3) is 0 Å². The van der Waals surface area contributed by atoms with Crippen LogP contribution in [-0.2, 0) is 0 Å². The fourth-order valence-corrected chi connectivity index (χ4v) is 3.16. The molecule has 1 amide bonds. The summed E-state index contributed by atoms with van der Waals surface area (Å²) in [5.74, 6) is -1.02. The molecule has 0 aliphatic heterocycles. The lowest BCUT2D eigenvalue weighted by atomic mass is 9.98. The first kappa shape index (κ1) is 15.5. The summed E-state index contributed by atoms with van der Waals surface area (Å²) in [6.45, 7) is 0.430. The number of hydrogen-bond acceptors (Lipinski definition) is 1. The smallest absolute Gasteiger partial charge is 0.254 e. The minimum absolute atomic E-state index is 0.302. The first-order valence-corrected chi connectivity index (χ1v) is 7.43. The van der Waals surface area contributed by atoms with Gasteiger partial charge in [-0.05, 0) is 36.8 Å². The lowest BCUT2D eigenvalue weighted by Crippen LogP contribution is -2.31. The molecule has 110 valence electrons. The van der Waals surface area contributed by atoms with Crippen LogP contribution in [0.4, 0.5) is 8.78 Å². The highest BCUT2D eigenvalue weighted by molar-refractivity contribution is 6.30. The van der Waals surface area contributed by atoms with E-state index in [0.29, 0.717) is 24.3 Å². The molecular weight excluding hydrogens is 307 g/mol.